The molecule has 0 bridgehead atoms. The van der Waals surface area contributed by atoms with Crippen molar-refractivity contribution in [1.82, 2.24) is 9.21 Å². The third kappa shape index (κ3) is 4.32. The van der Waals surface area contributed by atoms with Crippen molar-refractivity contribution in [2.75, 3.05) is 32.8 Å². The quantitative estimate of drug-likeness (QED) is 0.764. The Hall–Kier alpha value is -2.89. The van der Waals surface area contributed by atoms with Crippen molar-refractivity contribution in [2.24, 2.45) is 0 Å². The SMILES string of the molecule is Cc1ccc(S(=O)(=O)N2CCN(C(=O)COc3ccccc3C#N)CC2)cc1. The Kier molecular flexibility index (Phi) is 5.97. The maximum absolute atomic E-state index is 12.7. The van der Waals surface area contributed by atoms with Crippen LogP contribution in [0.25, 0.3) is 0 Å². The summed E-state index contributed by atoms with van der Waals surface area (Å²) in [6.45, 7) is 2.77. The first kappa shape index (κ1) is 19.9. The Bertz CT molecular complexity index is 989. The predicted molar refractivity (Wildman–Crippen MR) is 103 cm³/mol. The summed E-state index contributed by atoms with van der Waals surface area (Å²) >= 11 is 0. The standard InChI is InChI=1S/C20H21N3O4S/c1-16-6-8-18(9-7-16)28(25,26)23-12-10-22(11-13-23)20(24)15-27-19-5-3-2-4-17(19)14-21/h2-9H,10-13,15H2,1H3. The number of sulfonamides is 1. The summed E-state index contributed by atoms with van der Waals surface area (Å²) in [5.41, 5.74) is 1.36. The molecule has 0 aliphatic carbocycles. The number of amides is 1. The number of hydrogen-bond donors (Lipinski definition) is 0. The van der Waals surface area contributed by atoms with E-state index >= 15 is 0 Å². The van der Waals surface area contributed by atoms with Gasteiger partial charge in [0.05, 0.1) is 10.5 Å². The molecule has 0 radical (unpaired) electrons. The zero-order valence-corrected chi connectivity index (χ0v) is 16.4. The third-order valence-electron chi connectivity index (χ3n) is 4.61. The van der Waals surface area contributed by atoms with E-state index in [0.717, 1.165) is 5.56 Å². The molecular weight excluding hydrogens is 378 g/mol. The largest absolute Gasteiger partial charge is 0.482 e. The molecule has 1 aliphatic rings. The van der Waals surface area contributed by atoms with Crippen molar-refractivity contribution < 1.29 is 17.9 Å². The smallest absolute Gasteiger partial charge is 0.260 e. The second kappa shape index (κ2) is 8.42. The maximum Gasteiger partial charge on any atom is 0.260 e. The summed E-state index contributed by atoms with van der Waals surface area (Å²) in [4.78, 5) is 14.2. The van der Waals surface area contributed by atoms with Gasteiger partial charge in [-0.25, -0.2) is 8.42 Å². The lowest BCUT2D eigenvalue weighted by molar-refractivity contribution is -0.134. The van der Waals surface area contributed by atoms with Gasteiger partial charge in [0.1, 0.15) is 11.8 Å². The summed E-state index contributed by atoms with van der Waals surface area (Å²) in [6, 6.07) is 15.5. The van der Waals surface area contributed by atoms with Gasteiger partial charge in [-0.05, 0) is 31.2 Å². The Balaban J connectivity index is 1.57. The summed E-state index contributed by atoms with van der Waals surface area (Å²) in [5, 5.41) is 9.06. The minimum atomic E-state index is -3.56. The average Bonchev–Trinajstić information content (AvgIpc) is 2.72. The average molecular weight is 399 g/mol. The molecule has 1 amide bonds. The molecule has 8 heteroatoms. The highest BCUT2D eigenvalue weighted by Crippen LogP contribution is 2.19. The van der Waals surface area contributed by atoms with Gasteiger partial charge in [0.25, 0.3) is 5.91 Å². The first-order valence-electron chi connectivity index (χ1n) is 8.88. The topological polar surface area (TPSA) is 90.7 Å². The maximum atomic E-state index is 12.7. The van der Waals surface area contributed by atoms with Crippen molar-refractivity contribution in [2.45, 2.75) is 11.8 Å². The van der Waals surface area contributed by atoms with Crippen molar-refractivity contribution in [3.05, 3.63) is 59.7 Å². The van der Waals surface area contributed by atoms with Crippen LogP contribution in [-0.2, 0) is 14.8 Å². The van der Waals surface area contributed by atoms with E-state index in [1.54, 1.807) is 53.4 Å². The third-order valence-corrected chi connectivity index (χ3v) is 6.52. The van der Waals surface area contributed by atoms with Crippen LogP contribution in [0.4, 0.5) is 0 Å². The molecule has 1 aliphatic heterocycles. The highest BCUT2D eigenvalue weighted by atomic mass is 32.2. The monoisotopic (exact) mass is 399 g/mol. The van der Waals surface area contributed by atoms with Gasteiger partial charge < -0.3 is 9.64 Å². The molecule has 0 saturated carbocycles. The Morgan fingerprint density at radius 2 is 1.71 bits per heavy atom. The number of ether oxygens (including phenoxy) is 1. The number of benzene rings is 2. The molecule has 0 aromatic heterocycles. The number of carbonyl (C=O) groups is 1. The number of hydrogen-bond acceptors (Lipinski definition) is 5. The van der Waals surface area contributed by atoms with Crippen LogP contribution in [0.15, 0.2) is 53.4 Å². The van der Waals surface area contributed by atoms with Crippen LogP contribution in [0.1, 0.15) is 11.1 Å². The van der Waals surface area contributed by atoms with Gasteiger partial charge in [-0.2, -0.15) is 9.57 Å². The zero-order valence-electron chi connectivity index (χ0n) is 15.5. The molecule has 1 saturated heterocycles. The van der Waals surface area contributed by atoms with Crippen LogP contribution >= 0.6 is 0 Å². The molecule has 2 aromatic carbocycles. The second-order valence-electron chi connectivity index (χ2n) is 6.49. The first-order chi connectivity index (χ1) is 13.4. The second-order valence-corrected chi connectivity index (χ2v) is 8.43. The van der Waals surface area contributed by atoms with Crippen LogP contribution in [0, 0.1) is 18.3 Å². The normalized spacial score (nSPS) is 15.1. The fourth-order valence-electron chi connectivity index (χ4n) is 2.95. The number of piperazine rings is 1. The Morgan fingerprint density at radius 1 is 1.07 bits per heavy atom. The van der Waals surface area contributed by atoms with E-state index in [1.807, 2.05) is 13.0 Å². The van der Waals surface area contributed by atoms with Gasteiger partial charge in [0, 0.05) is 26.2 Å². The molecule has 2 aromatic rings. The number of carbonyl (C=O) groups excluding carboxylic acids is 1. The number of nitriles is 1. The molecule has 0 N–H and O–H groups in total. The molecule has 146 valence electrons. The lowest BCUT2D eigenvalue weighted by Crippen LogP contribution is -2.51. The Labute approximate surface area is 164 Å². The van der Waals surface area contributed by atoms with Crippen LogP contribution in [-0.4, -0.2) is 56.3 Å². The molecule has 1 fully saturated rings. The van der Waals surface area contributed by atoms with Gasteiger partial charge in [0.15, 0.2) is 6.61 Å². The summed E-state index contributed by atoms with van der Waals surface area (Å²) in [5.74, 6) is 0.124. The minimum absolute atomic E-state index is 0.191. The van der Waals surface area contributed by atoms with Crippen LogP contribution < -0.4 is 4.74 Å². The van der Waals surface area contributed by atoms with E-state index in [2.05, 4.69) is 0 Å². The summed E-state index contributed by atoms with van der Waals surface area (Å²) < 4.78 is 32.3. The molecule has 28 heavy (non-hydrogen) atoms. The molecule has 0 atom stereocenters. The predicted octanol–water partition coefficient (Wildman–Crippen LogP) is 1.78. The molecule has 1 heterocycles. The van der Waals surface area contributed by atoms with Gasteiger partial charge in [-0.3, -0.25) is 4.79 Å². The lowest BCUT2D eigenvalue weighted by Gasteiger charge is -2.34. The van der Waals surface area contributed by atoms with Crippen molar-refractivity contribution in [3.63, 3.8) is 0 Å². The first-order valence-corrected chi connectivity index (χ1v) is 10.3. The Morgan fingerprint density at radius 3 is 2.36 bits per heavy atom. The minimum Gasteiger partial charge on any atom is -0.482 e. The fraction of sp³-hybridized carbons (Fsp3) is 0.300. The van der Waals surface area contributed by atoms with Crippen molar-refractivity contribution in [3.8, 4) is 11.8 Å². The van der Waals surface area contributed by atoms with Gasteiger partial charge in [0.2, 0.25) is 10.0 Å². The molecule has 0 unspecified atom stereocenters. The van der Waals surface area contributed by atoms with Crippen molar-refractivity contribution >= 4 is 15.9 Å². The fourth-order valence-corrected chi connectivity index (χ4v) is 4.37. The highest BCUT2D eigenvalue weighted by Gasteiger charge is 2.30. The number of aryl methyl sites for hydroxylation is 1. The molecule has 3 rings (SSSR count). The van der Waals surface area contributed by atoms with Gasteiger partial charge in [-0.15, -0.1) is 0 Å². The van der Waals surface area contributed by atoms with E-state index in [1.165, 1.54) is 4.31 Å². The molecule has 0 spiro atoms. The summed E-state index contributed by atoms with van der Waals surface area (Å²) in [7, 11) is -3.56. The van der Waals surface area contributed by atoms with E-state index in [0.29, 0.717) is 24.4 Å². The zero-order chi connectivity index (χ0) is 20.1. The van der Waals surface area contributed by atoms with E-state index in [-0.39, 0.29) is 30.5 Å². The van der Waals surface area contributed by atoms with Gasteiger partial charge >= 0.3 is 0 Å². The molecular formula is C20H21N3O4S. The number of nitrogens with zero attached hydrogens (tertiary/aromatic N) is 3. The van der Waals surface area contributed by atoms with Crippen molar-refractivity contribution in [1.29, 1.82) is 5.26 Å². The van der Waals surface area contributed by atoms with E-state index in [9.17, 15) is 13.2 Å². The highest BCUT2D eigenvalue weighted by molar-refractivity contribution is 7.89. The number of rotatable bonds is 5. The molecule has 7 nitrogen and oxygen atoms in total. The lowest BCUT2D eigenvalue weighted by atomic mass is 10.2. The van der Waals surface area contributed by atoms with Crippen LogP contribution in [0.3, 0.4) is 0 Å². The van der Waals surface area contributed by atoms with E-state index < -0.39 is 10.0 Å². The summed E-state index contributed by atoms with van der Waals surface area (Å²) in [6.07, 6.45) is 0. The van der Waals surface area contributed by atoms with E-state index in [4.69, 9.17) is 10.00 Å². The van der Waals surface area contributed by atoms with Crippen LogP contribution in [0.2, 0.25) is 0 Å². The number of para-hydroxylation sites is 1. The van der Waals surface area contributed by atoms with Gasteiger partial charge in [-0.1, -0.05) is 29.8 Å². The van der Waals surface area contributed by atoms with Crippen LogP contribution in [0.5, 0.6) is 5.75 Å².